The molecule has 31 heavy (non-hydrogen) atoms. The molecule has 1 atom stereocenters. The lowest BCUT2D eigenvalue weighted by Crippen LogP contribution is -2.28. The minimum atomic E-state index is -0.633. The van der Waals surface area contributed by atoms with E-state index in [0.29, 0.717) is 10.9 Å². The molecule has 10 nitrogen and oxygen atoms in total. The second-order valence-electron chi connectivity index (χ2n) is 6.79. The highest BCUT2D eigenvalue weighted by Crippen LogP contribution is 2.23. The van der Waals surface area contributed by atoms with Gasteiger partial charge in [-0.2, -0.15) is 5.10 Å². The highest BCUT2D eigenvalue weighted by molar-refractivity contribution is 8.15. The molecule has 1 aliphatic rings. The van der Waals surface area contributed by atoms with Gasteiger partial charge in [-0.05, 0) is 29.8 Å². The number of non-ortho nitro benzene ring substituents is 1. The first kappa shape index (κ1) is 22.0. The lowest BCUT2D eigenvalue weighted by molar-refractivity contribution is -0.384. The van der Waals surface area contributed by atoms with E-state index in [4.69, 9.17) is 0 Å². The Bertz CT molecular complexity index is 1030. The van der Waals surface area contributed by atoms with Gasteiger partial charge in [0, 0.05) is 44.0 Å². The minimum Gasteiger partial charge on any atom is -0.378 e. The van der Waals surface area contributed by atoms with E-state index >= 15 is 0 Å². The Labute approximate surface area is 182 Å². The summed E-state index contributed by atoms with van der Waals surface area (Å²) in [5.41, 5.74) is 2.27. The average Bonchev–Trinajstić information content (AvgIpc) is 3.07. The third kappa shape index (κ3) is 6.12. The van der Waals surface area contributed by atoms with Gasteiger partial charge in [-0.1, -0.05) is 23.9 Å². The number of carbonyl (C=O) groups is 2. The highest BCUT2D eigenvalue weighted by atomic mass is 32.2. The first-order valence-corrected chi connectivity index (χ1v) is 10.1. The van der Waals surface area contributed by atoms with E-state index in [9.17, 15) is 19.7 Å². The van der Waals surface area contributed by atoms with Gasteiger partial charge in [-0.15, -0.1) is 5.10 Å². The summed E-state index contributed by atoms with van der Waals surface area (Å²) < 4.78 is 0. The number of benzene rings is 2. The summed E-state index contributed by atoms with van der Waals surface area (Å²) >= 11 is 1.12. The quantitative estimate of drug-likeness (QED) is 0.387. The summed E-state index contributed by atoms with van der Waals surface area (Å²) in [6.07, 6.45) is 1.51. The van der Waals surface area contributed by atoms with Crippen molar-refractivity contribution in [2.45, 2.75) is 11.7 Å². The minimum absolute atomic E-state index is 0.0672. The molecule has 1 heterocycles. The molecule has 0 saturated carbocycles. The number of nitro groups is 1. The van der Waals surface area contributed by atoms with Gasteiger partial charge in [0.25, 0.3) is 5.69 Å². The van der Waals surface area contributed by atoms with Crippen LogP contribution in [0.2, 0.25) is 0 Å². The SMILES string of the molecule is CN(C)c1ccc(/C=N\N=C2/NC(=O)C(CC(=O)Nc3ccc([N+](=O)[O-])cc3)S2)cc1. The lowest BCUT2D eigenvalue weighted by atomic mass is 10.2. The molecule has 0 aliphatic carbocycles. The van der Waals surface area contributed by atoms with E-state index < -0.39 is 10.2 Å². The molecular weight excluding hydrogens is 420 g/mol. The van der Waals surface area contributed by atoms with E-state index in [1.165, 1.54) is 24.3 Å². The van der Waals surface area contributed by atoms with Gasteiger partial charge in [-0.3, -0.25) is 19.7 Å². The summed E-state index contributed by atoms with van der Waals surface area (Å²) in [7, 11) is 3.91. The Kier molecular flexibility index (Phi) is 6.98. The second kappa shape index (κ2) is 9.85. The Morgan fingerprint density at radius 3 is 2.52 bits per heavy atom. The smallest absolute Gasteiger partial charge is 0.269 e. The van der Waals surface area contributed by atoms with Crippen LogP contribution in [0, 0.1) is 10.1 Å². The number of carbonyl (C=O) groups excluding carboxylic acids is 2. The molecule has 2 aromatic carbocycles. The van der Waals surface area contributed by atoms with Crippen molar-refractivity contribution >= 4 is 52.0 Å². The molecule has 0 spiro atoms. The van der Waals surface area contributed by atoms with Crippen LogP contribution >= 0.6 is 11.8 Å². The van der Waals surface area contributed by atoms with Gasteiger partial charge >= 0.3 is 0 Å². The average molecular weight is 440 g/mol. The van der Waals surface area contributed by atoms with Gasteiger partial charge in [0.15, 0.2) is 5.17 Å². The van der Waals surface area contributed by atoms with Gasteiger partial charge < -0.3 is 15.5 Å². The third-order valence-electron chi connectivity index (χ3n) is 4.27. The first-order chi connectivity index (χ1) is 14.8. The van der Waals surface area contributed by atoms with Crippen molar-refractivity contribution in [1.82, 2.24) is 5.32 Å². The largest absolute Gasteiger partial charge is 0.378 e. The van der Waals surface area contributed by atoms with Gasteiger partial charge in [0.05, 0.1) is 11.1 Å². The van der Waals surface area contributed by atoms with Crippen LogP contribution in [-0.4, -0.2) is 47.5 Å². The van der Waals surface area contributed by atoms with Crippen LogP contribution < -0.4 is 15.5 Å². The third-order valence-corrected chi connectivity index (χ3v) is 5.35. The number of hydrogen-bond donors (Lipinski definition) is 2. The van der Waals surface area contributed by atoms with Crippen molar-refractivity contribution in [2.24, 2.45) is 10.2 Å². The maximum Gasteiger partial charge on any atom is 0.269 e. The zero-order valence-electron chi connectivity index (χ0n) is 16.8. The molecule has 2 amide bonds. The summed E-state index contributed by atoms with van der Waals surface area (Å²) in [6.45, 7) is 0. The number of nitro benzene ring substituents is 1. The molecule has 11 heteroatoms. The number of anilines is 2. The van der Waals surface area contributed by atoms with Gasteiger partial charge in [0.2, 0.25) is 11.8 Å². The zero-order chi connectivity index (χ0) is 22.4. The summed E-state index contributed by atoms with van der Waals surface area (Å²) in [5, 5.41) is 23.6. The number of rotatable bonds is 7. The molecule has 0 radical (unpaired) electrons. The molecule has 1 unspecified atom stereocenters. The molecule has 2 aromatic rings. The Hall–Kier alpha value is -3.73. The van der Waals surface area contributed by atoms with E-state index in [1.807, 2.05) is 43.3 Å². The van der Waals surface area contributed by atoms with Crippen molar-refractivity contribution < 1.29 is 14.5 Å². The molecular formula is C20H20N6O4S. The van der Waals surface area contributed by atoms with Crippen molar-refractivity contribution in [3.05, 3.63) is 64.2 Å². The predicted molar refractivity (Wildman–Crippen MR) is 122 cm³/mol. The van der Waals surface area contributed by atoms with Crippen LogP contribution in [-0.2, 0) is 9.59 Å². The fourth-order valence-electron chi connectivity index (χ4n) is 2.64. The normalized spacial score (nSPS) is 17.0. The molecule has 0 aromatic heterocycles. The van der Waals surface area contributed by atoms with E-state index in [0.717, 1.165) is 23.0 Å². The molecule has 1 saturated heterocycles. The topological polar surface area (TPSA) is 129 Å². The van der Waals surface area contributed by atoms with E-state index in [1.54, 1.807) is 6.21 Å². The van der Waals surface area contributed by atoms with Crippen molar-refractivity contribution in [2.75, 3.05) is 24.3 Å². The van der Waals surface area contributed by atoms with E-state index in [2.05, 4.69) is 20.8 Å². The molecule has 1 aliphatic heterocycles. The van der Waals surface area contributed by atoms with Gasteiger partial charge in [-0.25, -0.2) is 0 Å². The molecule has 160 valence electrons. The number of amides is 2. The standard InChI is InChI=1S/C20H20N6O4S/c1-25(2)15-7-3-13(4-8-15)12-21-24-20-23-19(28)17(31-20)11-18(27)22-14-5-9-16(10-6-14)26(29)30/h3-10,12,17H,11H2,1-2H3,(H,22,27)(H,23,24,28)/b21-12-. The fraction of sp³-hybridized carbons (Fsp3) is 0.200. The lowest BCUT2D eigenvalue weighted by Gasteiger charge is -2.11. The number of hydrogen-bond acceptors (Lipinski definition) is 8. The predicted octanol–water partition coefficient (Wildman–Crippen LogP) is 2.61. The maximum absolute atomic E-state index is 12.2. The summed E-state index contributed by atoms with van der Waals surface area (Å²) in [5.74, 6) is -0.708. The number of thioether (sulfide) groups is 1. The van der Waals surface area contributed by atoms with E-state index in [-0.39, 0.29) is 23.9 Å². The first-order valence-electron chi connectivity index (χ1n) is 9.22. The maximum atomic E-state index is 12.2. The van der Waals surface area contributed by atoms with Crippen LogP contribution in [0.5, 0.6) is 0 Å². The number of nitrogens with zero attached hydrogens (tertiary/aromatic N) is 4. The second-order valence-corrected chi connectivity index (χ2v) is 7.98. The molecule has 2 N–H and O–H groups in total. The summed E-state index contributed by atoms with van der Waals surface area (Å²) in [6, 6.07) is 13.2. The van der Waals surface area contributed by atoms with Crippen LogP contribution in [0.25, 0.3) is 0 Å². The molecule has 0 bridgehead atoms. The van der Waals surface area contributed by atoms with Gasteiger partial charge in [0.1, 0.15) is 5.25 Å². The molecule has 3 rings (SSSR count). The Morgan fingerprint density at radius 1 is 1.23 bits per heavy atom. The van der Waals surface area contributed by atoms with Crippen molar-refractivity contribution in [3.63, 3.8) is 0 Å². The zero-order valence-corrected chi connectivity index (χ0v) is 17.6. The Morgan fingerprint density at radius 2 is 1.90 bits per heavy atom. The number of nitrogens with one attached hydrogen (secondary N) is 2. The summed E-state index contributed by atoms with van der Waals surface area (Å²) in [4.78, 5) is 36.4. The number of amidine groups is 1. The van der Waals surface area contributed by atoms with Crippen molar-refractivity contribution in [3.8, 4) is 0 Å². The van der Waals surface area contributed by atoms with Crippen molar-refractivity contribution in [1.29, 1.82) is 0 Å². The van der Waals surface area contributed by atoms with Crippen LogP contribution in [0.3, 0.4) is 0 Å². The van der Waals surface area contributed by atoms with Crippen LogP contribution in [0.1, 0.15) is 12.0 Å². The molecule has 1 fully saturated rings. The fourth-order valence-corrected chi connectivity index (χ4v) is 3.56. The highest BCUT2D eigenvalue weighted by Gasteiger charge is 2.32. The van der Waals surface area contributed by atoms with Crippen LogP contribution in [0.15, 0.2) is 58.7 Å². The monoisotopic (exact) mass is 440 g/mol. The Balaban J connectivity index is 1.53. The van der Waals surface area contributed by atoms with Crippen LogP contribution in [0.4, 0.5) is 17.1 Å².